The highest BCUT2D eigenvalue weighted by atomic mass is 32.2. The normalized spacial score (nSPS) is 17.3. The summed E-state index contributed by atoms with van der Waals surface area (Å²) in [6.07, 6.45) is 1.44. The summed E-state index contributed by atoms with van der Waals surface area (Å²) in [4.78, 5) is 24.5. The molecule has 0 aromatic heterocycles. The molecule has 7 nitrogen and oxygen atoms in total. The van der Waals surface area contributed by atoms with E-state index >= 15 is 0 Å². The number of hydrogen-bond donors (Lipinski definition) is 1. The van der Waals surface area contributed by atoms with Gasteiger partial charge in [0.05, 0.1) is 23.8 Å². The zero-order valence-corrected chi connectivity index (χ0v) is 17.7. The first-order valence-corrected chi connectivity index (χ1v) is 11.4. The first-order valence-electron chi connectivity index (χ1n) is 10.0. The van der Waals surface area contributed by atoms with Crippen molar-refractivity contribution in [2.45, 2.75) is 31.1 Å². The second-order valence-corrected chi connectivity index (χ2v) is 9.12. The molecule has 0 radical (unpaired) electrons. The first kappa shape index (κ1) is 22.0. The van der Waals surface area contributed by atoms with Crippen molar-refractivity contribution >= 4 is 27.6 Å². The third-order valence-corrected chi connectivity index (χ3v) is 6.89. The summed E-state index contributed by atoms with van der Waals surface area (Å²) in [5, 5.41) is 2.85. The van der Waals surface area contributed by atoms with Crippen LogP contribution in [0.25, 0.3) is 0 Å². The summed E-state index contributed by atoms with van der Waals surface area (Å²) in [5.41, 5.74) is 1.40. The third kappa shape index (κ3) is 5.46. The van der Waals surface area contributed by atoms with E-state index < -0.39 is 15.9 Å². The molecule has 1 amide bonds. The van der Waals surface area contributed by atoms with Crippen LogP contribution in [0, 0.1) is 5.92 Å². The number of ether oxygens (including phenoxy) is 1. The molecule has 160 valence electrons. The van der Waals surface area contributed by atoms with Crippen molar-refractivity contribution in [1.29, 1.82) is 0 Å². The number of nitrogens with one attached hydrogen (secondary N) is 1. The van der Waals surface area contributed by atoms with Crippen molar-refractivity contribution in [3.8, 4) is 0 Å². The van der Waals surface area contributed by atoms with E-state index in [1.54, 1.807) is 61.5 Å². The number of nitrogens with zero attached hydrogens (tertiary/aromatic N) is 1. The van der Waals surface area contributed by atoms with Gasteiger partial charge in [0.2, 0.25) is 15.9 Å². The van der Waals surface area contributed by atoms with Gasteiger partial charge in [0.1, 0.15) is 0 Å². The third-order valence-electron chi connectivity index (χ3n) is 5.01. The van der Waals surface area contributed by atoms with Crippen LogP contribution in [-0.2, 0) is 30.8 Å². The fraction of sp³-hybridized carbons (Fsp3) is 0.364. The molecule has 1 N–H and O–H groups in total. The summed E-state index contributed by atoms with van der Waals surface area (Å²) in [6, 6.07) is 15.3. The SMILES string of the molecule is CCOC(=O)Cc1ccc(NC(=O)[C@@H]2CCCN(S(=O)(=O)c3ccccc3)C2)cc1. The molecular weight excluding hydrogens is 404 g/mol. The lowest BCUT2D eigenvalue weighted by Gasteiger charge is -2.31. The highest BCUT2D eigenvalue weighted by Gasteiger charge is 2.33. The molecule has 0 unspecified atom stereocenters. The van der Waals surface area contributed by atoms with E-state index in [9.17, 15) is 18.0 Å². The zero-order valence-electron chi connectivity index (χ0n) is 16.9. The standard InChI is InChI=1S/C22H26N2O5S/c1-2-29-21(25)15-17-10-12-19(13-11-17)23-22(26)18-7-6-14-24(16-18)30(27,28)20-8-4-3-5-9-20/h3-5,8-13,18H,2,6-7,14-16H2,1H3,(H,23,26)/t18-/m1/s1. The molecule has 1 aliphatic rings. The molecule has 1 fully saturated rings. The number of rotatable bonds is 7. The Labute approximate surface area is 177 Å². The Balaban J connectivity index is 1.61. The number of sulfonamides is 1. The van der Waals surface area contributed by atoms with Crippen LogP contribution in [0.15, 0.2) is 59.5 Å². The lowest BCUT2D eigenvalue weighted by Crippen LogP contribution is -2.43. The van der Waals surface area contributed by atoms with Crippen molar-refractivity contribution in [3.63, 3.8) is 0 Å². The number of amides is 1. The smallest absolute Gasteiger partial charge is 0.310 e. The molecule has 30 heavy (non-hydrogen) atoms. The quantitative estimate of drug-likeness (QED) is 0.682. The van der Waals surface area contributed by atoms with Crippen LogP contribution < -0.4 is 5.32 Å². The molecule has 8 heteroatoms. The molecule has 1 saturated heterocycles. The Morgan fingerprint density at radius 3 is 2.47 bits per heavy atom. The van der Waals surface area contributed by atoms with Gasteiger partial charge >= 0.3 is 5.97 Å². The number of piperidine rings is 1. The largest absolute Gasteiger partial charge is 0.466 e. The summed E-state index contributed by atoms with van der Waals surface area (Å²) in [5.74, 6) is -0.922. The average molecular weight is 431 g/mol. The van der Waals surface area contributed by atoms with Gasteiger partial charge in [0.15, 0.2) is 0 Å². The summed E-state index contributed by atoms with van der Waals surface area (Å²) >= 11 is 0. The predicted molar refractivity (Wildman–Crippen MR) is 113 cm³/mol. The predicted octanol–water partition coefficient (Wildman–Crippen LogP) is 2.83. The second-order valence-electron chi connectivity index (χ2n) is 7.18. The number of benzene rings is 2. The fourth-order valence-corrected chi connectivity index (χ4v) is 4.99. The van der Waals surface area contributed by atoms with Gasteiger partial charge in [-0.1, -0.05) is 30.3 Å². The number of hydrogen-bond acceptors (Lipinski definition) is 5. The lowest BCUT2D eigenvalue weighted by atomic mass is 9.98. The van der Waals surface area contributed by atoms with E-state index in [1.807, 2.05) is 0 Å². The van der Waals surface area contributed by atoms with Gasteiger partial charge in [-0.15, -0.1) is 0 Å². The summed E-state index contributed by atoms with van der Waals surface area (Å²) < 4.78 is 32.0. The van der Waals surface area contributed by atoms with E-state index in [-0.39, 0.29) is 29.7 Å². The molecule has 3 rings (SSSR count). The van der Waals surface area contributed by atoms with Crippen LogP contribution in [0.5, 0.6) is 0 Å². The van der Waals surface area contributed by atoms with Gasteiger partial charge in [0.25, 0.3) is 0 Å². The van der Waals surface area contributed by atoms with Crippen molar-refractivity contribution in [2.75, 3.05) is 25.0 Å². The molecular formula is C22H26N2O5S. The van der Waals surface area contributed by atoms with E-state index in [2.05, 4.69) is 5.32 Å². The Morgan fingerprint density at radius 2 is 1.80 bits per heavy atom. The molecule has 0 spiro atoms. The van der Waals surface area contributed by atoms with E-state index in [0.29, 0.717) is 31.7 Å². The molecule has 1 heterocycles. The van der Waals surface area contributed by atoms with Gasteiger partial charge in [-0.3, -0.25) is 9.59 Å². The maximum atomic E-state index is 12.8. The van der Waals surface area contributed by atoms with Gasteiger partial charge < -0.3 is 10.1 Å². The first-order chi connectivity index (χ1) is 14.4. The molecule has 1 aliphatic heterocycles. The van der Waals surface area contributed by atoms with Gasteiger partial charge in [-0.05, 0) is 49.6 Å². The maximum Gasteiger partial charge on any atom is 0.310 e. The van der Waals surface area contributed by atoms with Crippen LogP contribution in [0.3, 0.4) is 0 Å². The number of esters is 1. The minimum absolute atomic E-state index is 0.157. The number of anilines is 1. The molecule has 1 atom stereocenters. The molecule has 0 bridgehead atoms. The second kappa shape index (κ2) is 9.86. The van der Waals surface area contributed by atoms with Crippen molar-refractivity contribution in [2.24, 2.45) is 5.92 Å². The minimum atomic E-state index is -3.61. The van der Waals surface area contributed by atoms with Gasteiger partial charge in [-0.2, -0.15) is 4.31 Å². The topological polar surface area (TPSA) is 92.8 Å². The summed E-state index contributed by atoms with van der Waals surface area (Å²) in [7, 11) is -3.61. The molecule has 0 saturated carbocycles. The Bertz CT molecular complexity index is 974. The highest BCUT2D eigenvalue weighted by Crippen LogP contribution is 2.25. The van der Waals surface area contributed by atoms with E-state index in [4.69, 9.17) is 4.74 Å². The Morgan fingerprint density at radius 1 is 1.10 bits per heavy atom. The summed E-state index contributed by atoms with van der Waals surface area (Å²) in [6.45, 7) is 2.66. The Kier molecular flexibility index (Phi) is 7.23. The lowest BCUT2D eigenvalue weighted by molar-refractivity contribution is -0.142. The van der Waals surface area contributed by atoms with Crippen molar-refractivity contribution in [1.82, 2.24) is 4.31 Å². The average Bonchev–Trinajstić information content (AvgIpc) is 2.76. The van der Waals surface area contributed by atoms with E-state index in [1.165, 1.54) is 4.31 Å². The van der Waals surface area contributed by atoms with Crippen LogP contribution in [0.4, 0.5) is 5.69 Å². The van der Waals surface area contributed by atoms with Crippen molar-refractivity contribution < 1.29 is 22.7 Å². The fourth-order valence-electron chi connectivity index (χ4n) is 3.45. The minimum Gasteiger partial charge on any atom is -0.466 e. The zero-order chi connectivity index (χ0) is 21.6. The molecule has 2 aromatic rings. The van der Waals surface area contributed by atoms with Gasteiger partial charge in [0, 0.05) is 18.8 Å². The highest BCUT2D eigenvalue weighted by molar-refractivity contribution is 7.89. The van der Waals surface area contributed by atoms with Gasteiger partial charge in [-0.25, -0.2) is 8.42 Å². The number of carbonyl (C=O) groups is 2. The van der Waals surface area contributed by atoms with Crippen LogP contribution in [-0.4, -0.2) is 44.3 Å². The van der Waals surface area contributed by atoms with Crippen molar-refractivity contribution in [3.05, 3.63) is 60.2 Å². The maximum absolute atomic E-state index is 12.8. The monoisotopic (exact) mass is 430 g/mol. The Hall–Kier alpha value is -2.71. The molecule has 2 aromatic carbocycles. The van der Waals surface area contributed by atoms with E-state index in [0.717, 1.165) is 5.56 Å². The number of carbonyl (C=O) groups excluding carboxylic acids is 2. The van der Waals surface area contributed by atoms with Crippen LogP contribution in [0.1, 0.15) is 25.3 Å². The molecule has 0 aliphatic carbocycles. The van der Waals surface area contributed by atoms with Crippen LogP contribution in [0.2, 0.25) is 0 Å². The van der Waals surface area contributed by atoms with Crippen LogP contribution >= 0.6 is 0 Å².